The fraction of sp³-hybridized carbons (Fsp3) is 0.400. The van der Waals surface area contributed by atoms with E-state index >= 15 is 0 Å². The number of hydrogen-bond acceptors (Lipinski definition) is 5. The molecule has 5 nitrogen and oxygen atoms in total. The lowest BCUT2D eigenvalue weighted by Gasteiger charge is -2.09. The molecule has 1 aromatic carbocycles. The average Bonchev–Trinajstić information content (AvgIpc) is 2.92. The summed E-state index contributed by atoms with van der Waals surface area (Å²) >= 11 is 7.24. The highest BCUT2D eigenvalue weighted by atomic mass is 35.5. The zero-order valence-electron chi connectivity index (χ0n) is 12.0. The molecule has 1 aliphatic heterocycles. The van der Waals surface area contributed by atoms with E-state index in [9.17, 15) is 4.79 Å². The zero-order chi connectivity index (χ0) is 15.8. The second-order valence-corrected chi connectivity index (χ2v) is 5.97. The van der Waals surface area contributed by atoms with Crippen LogP contribution in [0.3, 0.4) is 0 Å². The standard InChI is InChI=1S/C15H18ClNO4S/c16-13-8-5-4-7-12(13)11-15-20-17(21-22-15)10-6-2-1-3-9-14(18)19/h4-5,7-8,11H,1-3,6,9-10H2,(H,18,19). The number of hydrogen-bond donors (Lipinski definition) is 1. The van der Waals surface area contributed by atoms with Crippen LogP contribution in [-0.2, 0) is 13.9 Å². The molecular formula is C15H18ClNO4S. The molecule has 1 heterocycles. The highest BCUT2D eigenvalue weighted by Crippen LogP contribution is 2.32. The Kier molecular flexibility index (Phi) is 7.05. The van der Waals surface area contributed by atoms with Crippen molar-refractivity contribution in [3.8, 4) is 0 Å². The normalized spacial score (nSPS) is 16.9. The molecule has 0 saturated carbocycles. The minimum Gasteiger partial charge on any atom is -0.481 e. The van der Waals surface area contributed by atoms with Gasteiger partial charge in [-0.05, 0) is 29.7 Å². The van der Waals surface area contributed by atoms with Gasteiger partial charge >= 0.3 is 5.97 Å². The molecule has 1 aliphatic rings. The van der Waals surface area contributed by atoms with Crippen LogP contribution < -0.4 is 0 Å². The number of carboxylic acids is 1. The molecule has 1 saturated heterocycles. The van der Waals surface area contributed by atoms with E-state index in [1.807, 2.05) is 30.3 Å². The average molecular weight is 344 g/mol. The van der Waals surface area contributed by atoms with Gasteiger partial charge in [-0.2, -0.15) is 4.28 Å². The van der Waals surface area contributed by atoms with Crippen molar-refractivity contribution in [2.75, 3.05) is 6.54 Å². The summed E-state index contributed by atoms with van der Waals surface area (Å²) in [6.45, 7) is 0.639. The number of nitrogens with zero attached hydrogens (tertiary/aromatic N) is 1. The molecule has 2 rings (SSSR count). The van der Waals surface area contributed by atoms with Gasteiger partial charge in [0, 0.05) is 17.5 Å². The third-order valence-electron chi connectivity index (χ3n) is 3.05. The Hall–Kier alpha value is -1.21. The van der Waals surface area contributed by atoms with Crippen molar-refractivity contribution in [1.82, 2.24) is 5.23 Å². The minimum atomic E-state index is -0.739. The predicted octanol–water partition coefficient (Wildman–Crippen LogP) is 4.50. The summed E-state index contributed by atoms with van der Waals surface area (Å²) in [5.74, 6) is -0.739. The number of halogens is 1. The molecule has 0 radical (unpaired) electrons. The summed E-state index contributed by atoms with van der Waals surface area (Å²) in [5, 5.41) is 11.3. The molecule has 0 spiro atoms. The Morgan fingerprint density at radius 2 is 2.05 bits per heavy atom. The van der Waals surface area contributed by atoms with Gasteiger partial charge in [0.2, 0.25) is 5.09 Å². The van der Waals surface area contributed by atoms with E-state index in [0.717, 1.165) is 36.9 Å². The zero-order valence-corrected chi connectivity index (χ0v) is 13.6. The largest absolute Gasteiger partial charge is 0.481 e. The Morgan fingerprint density at radius 3 is 2.82 bits per heavy atom. The maximum absolute atomic E-state index is 10.4. The van der Waals surface area contributed by atoms with Crippen LogP contribution in [0.2, 0.25) is 5.02 Å². The Bertz CT molecular complexity index is 538. The molecule has 0 amide bonds. The van der Waals surface area contributed by atoms with Gasteiger partial charge in [-0.25, -0.2) is 0 Å². The van der Waals surface area contributed by atoms with E-state index in [2.05, 4.69) is 0 Å². The van der Waals surface area contributed by atoms with Crippen LogP contribution in [-0.4, -0.2) is 22.8 Å². The van der Waals surface area contributed by atoms with Crippen LogP contribution in [0.5, 0.6) is 0 Å². The number of unbranched alkanes of at least 4 members (excludes halogenated alkanes) is 3. The fourth-order valence-corrected chi connectivity index (χ4v) is 2.67. The molecule has 1 aromatic rings. The van der Waals surface area contributed by atoms with Crippen molar-refractivity contribution in [3.63, 3.8) is 0 Å². The van der Waals surface area contributed by atoms with E-state index in [4.69, 9.17) is 25.8 Å². The Labute approximate surface area is 139 Å². The molecule has 22 heavy (non-hydrogen) atoms. The van der Waals surface area contributed by atoms with Crippen LogP contribution in [0.4, 0.5) is 0 Å². The number of rotatable bonds is 8. The van der Waals surface area contributed by atoms with Gasteiger partial charge in [0.1, 0.15) is 0 Å². The maximum atomic E-state index is 10.4. The summed E-state index contributed by atoms with van der Waals surface area (Å²) in [6, 6.07) is 7.52. The minimum absolute atomic E-state index is 0.233. The van der Waals surface area contributed by atoms with Crippen molar-refractivity contribution >= 4 is 35.7 Å². The van der Waals surface area contributed by atoms with E-state index < -0.39 is 5.97 Å². The van der Waals surface area contributed by atoms with Gasteiger partial charge in [-0.1, -0.05) is 42.6 Å². The van der Waals surface area contributed by atoms with Gasteiger partial charge in [-0.15, -0.1) is 0 Å². The molecule has 1 N–H and O–H groups in total. The van der Waals surface area contributed by atoms with Crippen LogP contribution in [0.1, 0.15) is 37.7 Å². The van der Waals surface area contributed by atoms with Gasteiger partial charge in [-0.3, -0.25) is 4.79 Å². The molecule has 1 fully saturated rings. The van der Waals surface area contributed by atoms with Gasteiger partial charge in [0.15, 0.2) is 0 Å². The second-order valence-electron chi connectivity index (χ2n) is 4.85. The number of benzene rings is 1. The lowest BCUT2D eigenvalue weighted by atomic mass is 10.1. The van der Waals surface area contributed by atoms with Crippen molar-refractivity contribution in [2.45, 2.75) is 32.1 Å². The monoisotopic (exact) mass is 343 g/mol. The molecule has 0 bridgehead atoms. The highest BCUT2D eigenvalue weighted by molar-refractivity contribution is 7.98. The van der Waals surface area contributed by atoms with E-state index in [1.165, 1.54) is 5.23 Å². The van der Waals surface area contributed by atoms with Crippen molar-refractivity contribution in [1.29, 1.82) is 0 Å². The van der Waals surface area contributed by atoms with Crippen molar-refractivity contribution in [2.24, 2.45) is 0 Å². The van der Waals surface area contributed by atoms with Gasteiger partial charge < -0.3 is 9.94 Å². The summed E-state index contributed by atoms with van der Waals surface area (Å²) in [5.41, 5.74) is 0.880. The van der Waals surface area contributed by atoms with Crippen molar-refractivity contribution in [3.05, 3.63) is 39.9 Å². The van der Waals surface area contributed by atoms with Gasteiger partial charge in [0.25, 0.3) is 0 Å². The van der Waals surface area contributed by atoms with Crippen molar-refractivity contribution < 1.29 is 19.0 Å². The summed E-state index contributed by atoms with van der Waals surface area (Å²) in [7, 11) is 0. The number of hydroxylamine groups is 2. The lowest BCUT2D eigenvalue weighted by Crippen LogP contribution is -2.16. The van der Waals surface area contributed by atoms with Crippen LogP contribution in [0, 0.1) is 0 Å². The summed E-state index contributed by atoms with van der Waals surface area (Å²) in [4.78, 5) is 15.9. The summed E-state index contributed by atoms with van der Waals surface area (Å²) < 4.78 is 5.34. The third kappa shape index (κ3) is 5.88. The Morgan fingerprint density at radius 1 is 1.27 bits per heavy atom. The first-order chi connectivity index (χ1) is 10.6. The van der Waals surface area contributed by atoms with Crippen LogP contribution in [0.25, 0.3) is 6.08 Å². The van der Waals surface area contributed by atoms with E-state index in [0.29, 0.717) is 23.1 Å². The quantitative estimate of drug-likeness (QED) is 0.554. The van der Waals surface area contributed by atoms with E-state index in [1.54, 1.807) is 0 Å². The molecule has 0 atom stereocenters. The van der Waals surface area contributed by atoms with E-state index in [-0.39, 0.29) is 6.42 Å². The smallest absolute Gasteiger partial charge is 0.303 e. The highest BCUT2D eigenvalue weighted by Gasteiger charge is 2.21. The maximum Gasteiger partial charge on any atom is 0.303 e. The SMILES string of the molecule is O=C(O)CCCCCCN1OSC(=Cc2ccccc2Cl)O1. The second kappa shape index (κ2) is 9.05. The summed E-state index contributed by atoms with van der Waals surface area (Å²) in [6.07, 6.45) is 5.51. The molecule has 120 valence electrons. The lowest BCUT2D eigenvalue weighted by molar-refractivity contribution is -0.259. The fourth-order valence-electron chi connectivity index (χ4n) is 1.93. The molecule has 7 heteroatoms. The first kappa shape index (κ1) is 17.1. The van der Waals surface area contributed by atoms with Crippen LogP contribution in [0.15, 0.2) is 29.4 Å². The predicted molar refractivity (Wildman–Crippen MR) is 86.6 cm³/mol. The first-order valence-corrected chi connectivity index (χ1v) is 8.25. The van der Waals surface area contributed by atoms with Gasteiger partial charge in [0.05, 0.1) is 18.6 Å². The number of carboxylic acid groups (broad SMARTS) is 1. The molecule has 0 aliphatic carbocycles. The molecular weight excluding hydrogens is 326 g/mol. The molecule has 0 unspecified atom stereocenters. The number of carbonyl (C=O) groups is 1. The topological polar surface area (TPSA) is 59.0 Å². The first-order valence-electron chi connectivity index (χ1n) is 7.13. The Balaban J connectivity index is 1.68. The third-order valence-corrected chi connectivity index (χ3v) is 4.00. The van der Waals surface area contributed by atoms with Crippen LogP contribution >= 0.6 is 23.6 Å². The number of aliphatic carboxylic acids is 1. The molecule has 0 aromatic heterocycles.